The van der Waals surface area contributed by atoms with Crippen LogP contribution in [0.2, 0.25) is 10.0 Å². The minimum Gasteiger partial charge on any atom is -0.493 e. The molecule has 6 nitrogen and oxygen atoms in total. The van der Waals surface area contributed by atoms with Gasteiger partial charge in [0.15, 0.2) is 17.3 Å². The van der Waals surface area contributed by atoms with E-state index in [1.54, 1.807) is 35.2 Å². The van der Waals surface area contributed by atoms with Crippen LogP contribution in [0.4, 0.5) is 0 Å². The van der Waals surface area contributed by atoms with Gasteiger partial charge >= 0.3 is 0 Å². The smallest absolute Gasteiger partial charge is 0.240 e. The predicted octanol–water partition coefficient (Wildman–Crippen LogP) is 5.52. The Morgan fingerprint density at radius 1 is 1.03 bits per heavy atom. The monoisotopic (exact) mass is 488 g/mol. The van der Waals surface area contributed by atoms with Gasteiger partial charge in [-0.3, -0.25) is 9.59 Å². The van der Waals surface area contributed by atoms with Crippen molar-refractivity contribution in [2.75, 3.05) is 27.3 Å². The van der Waals surface area contributed by atoms with E-state index in [4.69, 9.17) is 32.7 Å². The highest BCUT2D eigenvalue weighted by atomic mass is 35.5. The maximum atomic E-state index is 13.3. The lowest BCUT2D eigenvalue weighted by Crippen LogP contribution is -2.41. The van der Waals surface area contributed by atoms with E-state index >= 15 is 0 Å². The first-order valence-electron chi connectivity index (χ1n) is 10.8. The van der Waals surface area contributed by atoms with Crippen LogP contribution in [0.15, 0.2) is 36.4 Å². The third-order valence-electron chi connectivity index (χ3n) is 5.95. The molecule has 0 radical (unpaired) electrons. The fourth-order valence-electron chi connectivity index (χ4n) is 4.17. The molecule has 1 heterocycles. The van der Waals surface area contributed by atoms with Crippen molar-refractivity contribution in [1.29, 1.82) is 5.26 Å². The normalized spacial score (nSPS) is 15.3. The van der Waals surface area contributed by atoms with E-state index in [0.717, 1.165) is 19.3 Å². The number of halogens is 2. The van der Waals surface area contributed by atoms with Gasteiger partial charge in [0.2, 0.25) is 5.91 Å². The highest BCUT2D eigenvalue weighted by molar-refractivity contribution is 6.36. The number of amides is 1. The molecule has 0 spiro atoms. The molecule has 1 amide bonds. The van der Waals surface area contributed by atoms with Gasteiger partial charge in [-0.2, -0.15) is 5.26 Å². The average molecular weight is 489 g/mol. The van der Waals surface area contributed by atoms with Crippen LogP contribution in [-0.4, -0.2) is 43.9 Å². The van der Waals surface area contributed by atoms with E-state index in [9.17, 15) is 14.9 Å². The molecule has 33 heavy (non-hydrogen) atoms. The summed E-state index contributed by atoms with van der Waals surface area (Å²) < 4.78 is 10.7. The Kier molecular flexibility index (Phi) is 8.60. The molecule has 0 unspecified atom stereocenters. The molecule has 2 atom stereocenters. The first kappa shape index (κ1) is 24.9. The maximum absolute atomic E-state index is 13.3. The Balaban J connectivity index is 2.00. The average Bonchev–Trinajstić information content (AvgIpc) is 2.83. The summed E-state index contributed by atoms with van der Waals surface area (Å²) in [7, 11) is 3.04. The van der Waals surface area contributed by atoms with Crippen LogP contribution in [0.5, 0.6) is 11.5 Å². The van der Waals surface area contributed by atoms with Crippen LogP contribution >= 0.6 is 23.2 Å². The molecule has 1 aliphatic heterocycles. The molecular weight excluding hydrogens is 463 g/mol. The topological polar surface area (TPSA) is 79.6 Å². The Labute approximate surface area is 204 Å². The minimum atomic E-state index is -1.03. The van der Waals surface area contributed by atoms with Crippen LogP contribution in [0, 0.1) is 17.2 Å². The molecule has 0 aliphatic carbocycles. The quantitative estimate of drug-likeness (QED) is 0.457. The number of Topliss-reactive ketones (excluding diaryl/α,β-unsaturated/α-hetero) is 1. The number of piperidine rings is 1. The Bertz CT molecular complexity index is 1060. The largest absolute Gasteiger partial charge is 0.493 e. The third kappa shape index (κ3) is 5.79. The molecule has 8 heteroatoms. The Morgan fingerprint density at radius 3 is 2.33 bits per heavy atom. The minimum absolute atomic E-state index is 0.0748. The first-order chi connectivity index (χ1) is 15.9. The number of hydrogen-bond acceptors (Lipinski definition) is 5. The summed E-state index contributed by atoms with van der Waals surface area (Å²) in [5.41, 5.74) is 0.941. The molecule has 3 rings (SSSR count). The number of nitriles is 1. The van der Waals surface area contributed by atoms with Crippen molar-refractivity contribution in [2.45, 2.75) is 31.6 Å². The van der Waals surface area contributed by atoms with Crippen molar-refractivity contribution in [3.05, 3.63) is 57.6 Å². The van der Waals surface area contributed by atoms with Gasteiger partial charge in [-0.15, -0.1) is 0 Å². The van der Waals surface area contributed by atoms with Crippen molar-refractivity contribution >= 4 is 34.9 Å². The molecule has 1 aliphatic rings. The number of nitrogens with zero attached hydrogens (tertiary/aromatic N) is 2. The molecule has 174 valence electrons. The predicted molar refractivity (Wildman–Crippen MR) is 127 cm³/mol. The first-order valence-corrected chi connectivity index (χ1v) is 11.5. The van der Waals surface area contributed by atoms with E-state index < -0.39 is 11.8 Å². The fraction of sp³-hybridized carbons (Fsp3) is 0.400. The Hall–Kier alpha value is -2.75. The van der Waals surface area contributed by atoms with Crippen molar-refractivity contribution in [1.82, 2.24) is 4.90 Å². The van der Waals surface area contributed by atoms with Gasteiger partial charge in [-0.25, -0.2) is 0 Å². The third-order valence-corrected chi connectivity index (χ3v) is 6.50. The van der Waals surface area contributed by atoms with E-state index in [0.29, 0.717) is 40.7 Å². The maximum Gasteiger partial charge on any atom is 0.240 e. The van der Waals surface area contributed by atoms with Crippen molar-refractivity contribution in [3.63, 3.8) is 0 Å². The zero-order chi connectivity index (χ0) is 24.0. The van der Waals surface area contributed by atoms with Gasteiger partial charge in [0.1, 0.15) is 5.92 Å². The number of benzene rings is 2. The number of hydrogen-bond donors (Lipinski definition) is 0. The lowest BCUT2D eigenvalue weighted by Gasteiger charge is -2.31. The standard InChI is InChI=1S/C25H26Cl2N2O4/c1-32-23-9-6-16(12-24(23)33-2)19(14-22(30)18-8-7-17(26)13-21(18)27)20(15-28)25(31)29-10-4-3-5-11-29/h6-9,12-13,19-20H,3-5,10-11,14H2,1-2H3/t19-,20-/m0/s1. The van der Waals surface area contributed by atoms with Gasteiger partial charge < -0.3 is 14.4 Å². The second-order valence-electron chi connectivity index (χ2n) is 7.97. The summed E-state index contributed by atoms with van der Waals surface area (Å²) in [6, 6.07) is 12.0. The molecule has 1 saturated heterocycles. The summed E-state index contributed by atoms with van der Waals surface area (Å²) in [6.07, 6.45) is 2.80. The van der Waals surface area contributed by atoms with Crippen LogP contribution in [-0.2, 0) is 4.79 Å². The molecule has 1 fully saturated rings. The van der Waals surface area contributed by atoms with Crippen LogP contribution in [0.1, 0.15) is 47.5 Å². The molecule has 0 bridgehead atoms. The summed E-state index contributed by atoms with van der Waals surface area (Å²) in [4.78, 5) is 28.3. The van der Waals surface area contributed by atoms with E-state index in [-0.39, 0.29) is 23.1 Å². The number of carbonyl (C=O) groups excluding carboxylic acids is 2. The van der Waals surface area contributed by atoms with Crippen LogP contribution in [0.3, 0.4) is 0 Å². The van der Waals surface area contributed by atoms with E-state index in [1.165, 1.54) is 20.3 Å². The Morgan fingerprint density at radius 2 is 1.73 bits per heavy atom. The SMILES string of the molecule is COc1ccc([C@H](CC(=O)c2ccc(Cl)cc2Cl)[C@H](C#N)C(=O)N2CCCCC2)cc1OC. The number of ketones is 1. The highest BCUT2D eigenvalue weighted by Gasteiger charge is 2.35. The van der Waals surface area contributed by atoms with E-state index in [1.807, 2.05) is 0 Å². The second-order valence-corrected chi connectivity index (χ2v) is 8.81. The summed E-state index contributed by atoms with van der Waals surface area (Å²) in [6.45, 7) is 1.24. The van der Waals surface area contributed by atoms with Gasteiger partial charge in [-0.1, -0.05) is 29.3 Å². The lowest BCUT2D eigenvalue weighted by molar-refractivity contribution is -0.135. The van der Waals surface area contributed by atoms with Gasteiger partial charge in [0.25, 0.3) is 0 Å². The molecule has 2 aromatic carbocycles. The highest BCUT2D eigenvalue weighted by Crippen LogP contribution is 2.37. The second kappa shape index (κ2) is 11.4. The molecular formula is C25H26Cl2N2O4. The zero-order valence-electron chi connectivity index (χ0n) is 18.6. The number of rotatable bonds is 8. The van der Waals surface area contributed by atoms with Gasteiger partial charge in [-0.05, 0) is 55.2 Å². The summed E-state index contributed by atoms with van der Waals surface area (Å²) >= 11 is 12.2. The number of likely N-dealkylation sites (tertiary alicyclic amines) is 1. The zero-order valence-corrected chi connectivity index (χ0v) is 20.2. The van der Waals surface area contributed by atoms with Gasteiger partial charge in [0.05, 0.1) is 25.3 Å². The van der Waals surface area contributed by atoms with E-state index in [2.05, 4.69) is 6.07 Å². The number of ether oxygens (including phenoxy) is 2. The van der Waals surface area contributed by atoms with Crippen molar-refractivity contribution < 1.29 is 19.1 Å². The van der Waals surface area contributed by atoms with Crippen molar-refractivity contribution in [3.8, 4) is 17.6 Å². The van der Waals surface area contributed by atoms with Gasteiger partial charge in [0, 0.05) is 36.0 Å². The lowest BCUT2D eigenvalue weighted by atomic mass is 9.81. The van der Waals surface area contributed by atoms with Crippen LogP contribution in [0.25, 0.3) is 0 Å². The summed E-state index contributed by atoms with van der Waals surface area (Å²) in [5, 5.41) is 10.7. The van der Waals surface area contributed by atoms with Crippen molar-refractivity contribution in [2.24, 2.45) is 5.92 Å². The molecule has 2 aromatic rings. The molecule has 0 N–H and O–H groups in total. The summed E-state index contributed by atoms with van der Waals surface area (Å²) in [5.74, 6) is -1.28. The number of methoxy groups -OCH3 is 2. The molecule has 0 saturated carbocycles. The fourth-order valence-corrected chi connectivity index (χ4v) is 4.68. The molecule has 0 aromatic heterocycles. The van der Waals surface area contributed by atoms with Crippen LogP contribution < -0.4 is 9.47 Å². The number of carbonyl (C=O) groups is 2.